The van der Waals surface area contributed by atoms with Crippen molar-refractivity contribution in [2.75, 3.05) is 29.9 Å². The summed E-state index contributed by atoms with van der Waals surface area (Å²) in [5, 5.41) is 12.5. The number of pyridine rings is 2. The highest BCUT2D eigenvalue weighted by atomic mass is 16.2. The van der Waals surface area contributed by atoms with Crippen LogP contribution in [0.5, 0.6) is 0 Å². The molecule has 2 aliphatic heterocycles. The van der Waals surface area contributed by atoms with E-state index in [9.17, 15) is 4.79 Å². The molecule has 0 bridgehead atoms. The molecule has 4 rings (SSSR count). The van der Waals surface area contributed by atoms with Crippen molar-refractivity contribution < 1.29 is 4.79 Å². The lowest BCUT2D eigenvalue weighted by Gasteiger charge is -2.32. The lowest BCUT2D eigenvalue weighted by atomic mass is 9.89. The van der Waals surface area contributed by atoms with Gasteiger partial charge in [0.25, 0.3) is 0 Å². The number of nitriles is 1. The van der Waals surface area contributed by atoms with Gasteiger partial charge >= 0.3 is 0 Å². The maximum atomic E-state index is 11.7. The SMILES string of the molecule is CC(=O)N1CCC(c2cc(Nc3cc(C#N)ccn3)nc(N3CCC[C@H]3C)c2)CC1. The quantitative estimate of drug-likeness (QED) is 0.834. The summed E-state index contributed by atoms with van der Waals surface area (Å²) in [6, 6.07) is 10.4. The predicted molar refractivity (Wildman–Crippen MR) is 117 cm³/mol. The fourth-order valence-electron chi connectivity index (χ4n) is 4.48. The van der Waals surface area contributed by atoms with Gasteiger partial charge in [0.2, 0.25) is 5.91 Å². The normalized spacial score (nSPS) is 19.6. The highest BCUT2D eigenvalue weighted by Gasteiger charge is 2.26. The van der Waals surface area contributed by atoms with Crippen LogP contribution in [0.2, 0.25) is 0 Å². The number of nitrogens with one attached hydrogen (secondary N) is 1. The Bertz CT molecular complexity index is 960. The van der Waals surface area contributed by atoms with E-state index in [-0.39, 0.29) is 5.91 Å². The van der Waals surface area contributed by atoms with Gasteiger partial charge in [0.1, 0.15) is 17.5 Å². The zero-order valence-electron chi connectivity index (χ0n) is 17.6. The molecule has 2 aromatic heterocycles. The molecule has 2 aliphatic rings. The second-order valence-corrected chi connectivity index (χ2v) is 8.28. The molecule has 156 valence electrons. The fourth-order valence-corrected chi connectivity index (χ4v) is 4.48. The van der Waals surface area contributed by atoms with Crippen molar-refractivity contribution in [3.05, 3.63) is 41.6 Å². The van der Waals surface area contributed by atoms with Crippen LogP contribution < -0.4 is 10.2 Å². The standard InChI is InChI=1S/C23H28N6O/c1-16-4-3-9-29(16)23-14-20(19-6-10-28(11-7-19)17(2)30)13-22(27-23)26-21-12-18(15-24)5-8-25-21/h5,8,12-14,16,19H,3-4,6-7,9-11H2,1-2H3,(H,25,26,27)/t16-/m1/s1. The third kappa shape index (κ3) is 4.38. The Kier molecular flexibility index (Phi) is 5.84. The number of hydrogen-bond donors (Lipinski definition) is 1. The first-order chi connectivity index (χ1) is 14.5. The molecule has 0 aromatic carbocycles. The minimum absolute atomic E-state index is 0.153. The number of nitrogens with zero attached hydrogens (tertiary/aromatic N) is 5. The zero-order valence-corrected chi connectivity index (χ0v) is 17.6. The molecule has 1 atom stereocenters. The Balaban J connectivity index is 1.63. The molecule has 0 aliphatic carbocycles. The van der Waals surface area contributed by atoms with Crippen LogP contribution in [-0.2, 0) is 4.79 Å². The van der Waals surface area contributed by atoms with Gasteiger partial charge in [-0.25, -0.2) is 9.97 Å². The Morgan fingerprint density at radius 3 is 2.63 bits per heavy atom. The summed E-state index contributed by atoms with van der Waals surface area (Å²) in [6.07, 6.45) is 5.90. The monoisotopic (exact) mass is 404 g/mol. The second kappa shape index (κ2) is 8.70. The highest BCUT2D eigenvalue weighted by molar-refractivity contribution is 5.73. The van der Waals surface area contributed by atoms with Crippen LogP contribution in [-0.4, -0.2) is 46.5 Å². The number of piperidine rings is 1. The van der Waals surface area contributed by atoms with Crippen LogP contribution in [0.15, 0.2) is 30.5 Å². The molecule has 2 fully saturated rings. The number of hydrogen-bond acceptors (Lipinski definition) is 6. The Labute approximate surface area is 177 Å². The van der Waals surface area contributed by atoms with Gasteiger partial charge in [-0.05, 0) is 68.4 Å². The summed E-state index contributed by atoms with van der Waals surface area (Å²) in [4.78, 5) is 25.2. The predicted octanol–water partition coefficient (Wildman–Crippen LogP) is 3.81. The van der Waals surface area contributed by atoms with Crippen LogP contribution in [0.25, 0.3) is 0 Å². The minimum Gasteiger partial charge on any atom is -0.354 e. The number of aromatic nitrogens is 2. The van der Waals surface area contributed by atoms with Gasteiger partial charge in [-0.2, -0.15) is 5.26 Å². The summed E-state index contributed by atoms with van der Waals surface area (Å²) in [6.45, 7) is 6.50. The number of carbonyl (C=O) groups excluding carboxylic acids is 1. The molecule has 4 heterocycles. The molecule has 30 heavy (non-hydrogen) atoms. The average molecular weight is 405 g/mol. The fraction of sp³-hybridized carbons (Fsp3) is 0.478. The van der Waals surface area contributed by atoms with Crippen molar-refractivity contribution in [3.63, 3.8) is 0 Å². The first-order valence-electron chi connectivity index (χ1n) is 10.7. The van der Waals surface area contributed by atoms with Gasteiger partial charge in [-0.1, -0.05) is 0 Å². The maximum absolute atomic E-state index is 11.7. The maximum Gasteiger partial charge on any atom is 0.219 e. The highest BCUT2D eigenvalue weighted by Crippen LogP contribution is 2.34. The first-order valence-corrected chi connectivity index (χ1v) is 10.7. The third-order valence-electron chi connectivity index (χ3n) is 6.24. The van der Waals surface area contributed by atoms with Crippen LogP contribution in [0.3, 0.4) is 0 Å². The number of amides is 1. The number of likely N-dealkylation sites (tertiary alicyclic amines) is 1. The van der Waals surface area contributed by atoms with E-state index in [1.54, 1.807) is 25.3 Å². The smallest absolute Gasteiger partial charge is 0.219 e. The Morgan fingerprint density at radius 1 is 1.17 bits per heavy atom. The first kappa shape index (κ1) is 20.1. The number of anilines is 3. The molecule has 7 heteroatoms. The van der Waals surface area contributed by atoms with Gasteiger partial charge in [-0.15, -0.1) is 0 Å². The van der Waals surface area contributed by atoms with Crippen molar-refractivity contribution in [3.8, 4) is 6.07 Å². The van der Waals surface area contributed by atoms with Gasteiger partial charge in [0.15, 0.2) is 0 Å². The van der Waals surface area contributed by atoms with Crippen molar-refractivity contribution in [2.24, 2.45) is 0 Å². The van der Waals surface area contributed by atoms with E-state index in [1.807, 2.05) is 4.90 Å². The van der Waals surface area contributed by atoms with Gasteiger partial charge in [0, 0.05) is 38.8 Å². The van der Waals surface area contributed by atoms with Crippen molar-refractivity contribution in [1.82, 2.24) is 14.9 Å². The zero-order chi connectivity index (χ0) is 21.1. The third-order valence-corrected chi connectivity index (χ3v) is 6.24. The molecule has 0 spiro atoms. The largest absolute Gasteiger partial charge is 0.354 e. The summed E-state index contributed by atoms with van der Waals surface area (Å²) in [5.41, 5.74) is 1.81. The molecule has 2 saturated heterocycles. The Hall–Kier alpha value is -3.14. The molecule has 7 nitrogen and oxygen atoms in total. The second-order valence-electron chi connectivity index (χ2n) is 8.28. The molecule has 2 aromatic rings. The summed E-state index contributed by atoms with van der Waals surface area (Å²) in [5.74, 6) is 2.91. The van der Waals surface area contributed by atoms with Crippen LogP contribution in [0.4, 0.5) is 17.5 Å². The molecule has 1 amide bonds. The topological polar surface area (TPSA) is 85.2 Å². The molecule has 0 radical (unpaired) electrons. The van der Waals surface area contributed by atoms with E-state index in [0.29, 0.717) is 23.3 Å². The molecule has 0 saturated carbocycles. The van der Waals surface area contributed by atoms with Crippen molar-refractivity contribution in [1.29, 1.82) is 5.26 Å². The van der Waals surface area contributed by atoms with Gasteiger partial charge in [0.05, 0.1) is 11.6 Å². The lowest BCUT2D eigenvalue weighted by molar-refractivity contribution is -0.129. The molecular weight excluding hydrogens is 376 g/mol. The lowest BCUT2D eigenvalue weighted by Crippen LogP contribution is -2.36. The Morgan fingerprint density at radius 2 is 1.97 bits per heavy atom. The summed E-state index contributed by atoms with van der Waals surface area (Å²) >= 11 is 0. The van der Waals surface area contributed by atoms with E-state index >= 15 is 0 Å². The van der Waals surface area contributed by atoms with E-state index in [0.717, 1.165) is 44.1 Å². The van der Waals surface area contributed by atoms with Crippen LogP contribution in [0, 0.1) is 11.3 Å². The van der Waals surface area contributed by atoms with Crippen LogP contribution in [0.1, 0.15) is 56.6 Å². The average Bonchev–Trinajstić information content (AvgIpc) is 3.19. The van der Waals surface area contributed by atoms with E-state index in [1.165, 1.54) is 18.4 Å². The van der Waals surface area contributed by atoms with Gasteiger partial charge < -0.3 is 15.1 Å². The van der Waals surface area contributed by atoms with Crippen molar-refractivity contribution in [2.45, 2.75) is 51.5 Å². The van der Waals surface area contributed by atoms with Gasteiger partial charge in [-0.3, -0.25) is 4.79 Å². The van der Waals surface area contributed by atoms with Crippen LogP contribution >= 0.6 is 0 Å². The minimum atomic E-state index is 0.153. The number of carbonyl (C=O) groups is 1. The van der Waals surface area contributed by atoms with Crippen molar-refractivity contribution >= 4 is 23.4 Å². The molecule has 0 unspecified atom stereocenters. The summed E-state index contributed by atoms with van der Waals surface area (Å²) < 4.78 is 0. The molecular formula is C23H28N6O. The number of rotatable bonds is 4. The van der Waals surface area contributed by atoms with E-state index < -0.39 is 0 Å². The summed E-state index contributed by atoms with van der Waals surface area (Å²) in [7, 11) is 0. The van der Waals surface area contributed by atoms with E-state index in [2.05, 4.69) is 40.3 Å². The van der Waals surface area contributed by atoms with E-state index in [4.69, 9.17) is 10.2 Å². The molecule has 1 N–H and O–H groups in total.